The Balaban J connectivity index is 1.04. The van der Waals surface area contributed by atoms with Crippen molar-refractivity contribution >= 4 is 11.0 Å². The molecule has 0 fully saturated rings. The highest BCUT2D eigenvalue weighted by molar-refractivity contribution is 5.83. The van der Waals surface area contributed by atoms with E-state index in [2.05, 4.69) is 131 Å². The summed E-state index contributed by atoms with van der Waals surface area (Å²) in [6.07, 6.45) is 1.81. The summed E-state index contributed by atoms with van der Waals surface area (Å²) in [4.78, 5) is 19.7. The van der Waals surface area contributed by atoms with Gasteiger partial charge in [0.1, 0.15) is 11.6 Å². The summed E-state index contributed by atoms with van der Waals surface area (Å²) < 4.78 is 2.12. The Labute approximate surface area is 296 Å². The molecule has 240 valence electrons. The van der Waals surface area contributed by atoms with Crippen LogP contribution in [0.2, 0.25) is 0 Å². The molecule has 0 aliphatic rings. The second kappa shape index (κ2) is 13.1. The van der Waals surface area contributed by atoms with Crippen LogP contribution in [0.1, 0.15) is 0 Å². The number of hydrogen-bond acceptors (Lipinski definition) is 4. The van der Waals surface area contributed by atoms with Gasteiger partial charge in [0.2, 0.25) is 0 Å². The lowest BCUT2D eigenvalue weighted by Gasteiger charge is -2.11. The van der Waals surface area contributed by atoms with E-state index < -0.39 is 0 Å². The molecule has 0 bridgehead atoms. The summed E-state index contributed by atoms with van der Waals surface area (Å²) >= 11 is 0. The third-order valence-electron chi connectivity index (χ3n) is 9.14. The number of fused-ring (bicyclic) bond motifs is 1. The van der Waals surface area contributed by atoms with Crippen molar-refractivity contribution in [1.29, 1.82) is 0 Å². The Hall–Kier alpha value is -6.98. The van der Waals surface area contributed by atoms with E-state index in [-0.39, 0.29) is 0 Å². The van der Waals surface area contributed by atoms with Crippen molar-refractivity contribution in [2.45, 2.75) is 0 Å². The van der Waals surface area contributed by atoms with Gasteiger partial charge in [-0.2, -0.15) is 0 Å². The molecule has 0 saturated heterocycles. The van der Waals surface area contributed by atoms with E-state index >= 15 is 0 Å². The van der Waals surface area contributed by atoms with Crippen LogP contribution in [0.25, 0.3) is 84.4 Å². The maximum atomic E-state index is 5.04. The predicted molar refractivity (Wildman–Crippen MR) is 207 cm³/mol. The Morgan fingerprint density at radius 2 is 0.824 bits per heavy atom. The molecule has 0 spiro atoms. The first kappa shape index (κ1) is 30.1. The zero-order chi connectivity index (χ0) is 34.0. The van der Waals surface area contributed by atoms with Crippen LogP contribution < -0.4 is 0 Å². The molecule has 0 unspecified atom stereocenters. The van der Waals surface area contributed by atoms with Crippen molar-refractivity contribution in [2.75, 3.05) is 0 Å². The molecule has 3 heterocycles. The molecule has 0 N–H and O–H groups in total. The van der Waals surface area contributed by atoms with Crippen molar-refractivity contribution in [2.24, 2.45) is 0 Å². The second-order valence-corrected chi connectivity index (χ2v) is 12.4. The van der Waals surface area contributed by atoms with E-state index in [0.29, 0.717) is 5.82 Å². The molecule has 0 saturated carbocycles. The van der Waals surface area contributed by atoms with Gasteiger partial charge in [0.15, 0.2) is 5.82 Å². The molecule has 51 heavy (non-hydrogen) atoms. The van der Waals surface area contributed by atoms with Crippen molar-refractivity contribution in [3.05, 3.63) is 188 Å². The number of imidazole rings is 1. The van der Waals surface area contributed by atoms with Crippen LogP contribution in [0.4, 0.5) is 0 Å². The van der Waals surface area contributed by atoms with Gasteiger partial charge in [-0.25, -0.2) is 19.9 Å². The third kappa shape index (κ3) is 5.98. The van der Waals surface area contributed by atoms with Gasteiger partial charge in [-0.3, -0.25) is 4.57 Å². The van der Waals surface area contributed by atoms with E-state index in [1.54, 1.807) is 0 Å². The Bertz CT molecular complexity index is 2580. The number of pyridine rings is 1. The minimum absolute atomic E-state index is 0.701. The maximum absolute atomic E-state index is 5.04. The highest BCUT2D eigenvalue weighted by Gasteiger charge is 2.16. The summed E-state index contributed by atoms with van der Waals surface area (Å²) in [6, 6.07) is 62.6. The first-order chi connectivity index (χ1) is 25.3. The van der Waals surface area contributed by atoms with Gasteiger partial charge in [-0.1, -0.05) is 152 Å². The highest BCUT2D eigenvalue weighted by Crippen LogP contribution is 2.33. The molecule has 5 nitrogen and oxygen atoms in total. The van der Waals surface area contributed by atoms with Crippen LogP contribution in [0.15, 0.2) is 188 Å². The highest BCUT2D eigenvalue weighted by atomic mass is 15.1. The Kier molecular flexibility index (Phi) is 7.76. The predicted octanol–water partition coefficient (Wildman–Crippen LogP) is 11.2. The number of nitrogens with zero attached hydrogens (tertiary/aromatic N) is 5. The van der Waals surface area contributed by atoms with Gasteiger partial charge in [-0.05, 0) is 52.6 Å². The van der Waals surface area contributed by atoms with Crippen molar-refractivity contribution in [3.8, 4) is 73.4 Å². The summed E-state index contributed by atoms with van der Waals surface area (Å²) in [5.41, 5.74) is 12.4. The zero-order valence-corrected chi connectivity index (χ0v) is 27.6. The number of hydrogen-bond donors (Lipinski definition) is 0. The first-order valence-corrected chi connectivity index (χ1v) is 17.0. The van der Waals surface area contributed by atoms with Crippen molar-refractivity contribution in [1.82, 2.24) is 24.5 Å². The lowest BCUT2D eigenvalue weighted by atomic mass is 10.00. The van der Waals surface area contributed by atoms with Crippen LogP contribution >= 0.6 is 0 Å². The molecule has 9 rings (SSSR count). The lowest BCUT2D eigenvalue weighted by molar-refractivity contribution is 1.03. The van der Waals surface area contributed by atoms with E-state index in [1.807, 2.05) is 66.9 Å². The first-order valence-electron chi connectivity index (χ1n) is 17.0. The minimum Gasteiger partial charge on any atom is -0.276 e. The third-order valence-corrected chi connectivity index (χ3v) is 9.14. The quantitative estimate of drug-likeness (QED) is 0.172. The van der Waals surface area contributed by atoms with E-state index in [0.717, 1.165) is 67.4 Å². The normalized spacial score (nSPS) is 11.1. The summed E-state index contributed by atoms with van der Waals surface area (Å²) in [5, 5.41) is 0. The van der Waals surface area contributed by atoms with Gasteiger partial charge in [-0.15, -0.1) is 0 Å². The van der Waals surface area contributed by atoms with Crippen molar-refractivity contribution in [3.63, 3.8) is 0 Å². The van der Waals surface area contributed by atoms with E-state index in [9.17, 15) is 0 Å². The van der Waals surface area contributed by atoms with Gasteiger partial charge in [0, 0.05) is 28.5 Å². The number of para-hydroxylation sites is 2. The monoisotopic (exact) mass is 653 g/mol. The average Bonchev–Trinajstić information content (AvgIpc) is 3.62. The SMILES string of the molecule is c1ccc(-c2ccc(-c3cc(-c4ccc(-c5ccc(-c6nc7ccccc7n6-c6ccccn6)cc5)cc4)nc(-c4ccccc4)n3)cc2)cc1. The average molecular weight is 654 g/mol. The van der Waals surface area contributed by atoms with Crippen LogP contribution in [0.3, 0.4) is 0 Å². The van der Waals surface area contributed by atoms with Crippen molar-refractivity contribution < 1.29 is 0 Å². The van der Waals surface area contributed by atoms with Crippen LogP contribution in [-0.2, 0) is 0 Å². The van der Waals surface area contributed by atoms with Gasteiger partial charge < -0.3 is 0 Å². The molecule has 6 aromatic carbocycles. The number of rotatable bonds is 7. The maximum Gasteiger partial charge on any atom is 0.160 e. The zero-order valence-electron chi connectivity index (χ0n) is 27.6. The van der Waals surface area contributed by atoms with Gasteiger partial charge in [0.25, 0.3) is 0 Å². The minimum atomic E-state index is 0.701. The fourth-order valence-corrected chi connectivity index (χ4v) is 6.51. The Morgan fingerprint density at radius 3 is 1.39 bits per heavy atom. The van der Waals surface area contributed by atoms with E-state index in [1.165, 1.54) is 11.1 Å². The molecule has 0 amide bonds. The number of aromatic nitrogens is 5. The molecule has 0 radical (unpaired) electrons. The van der Waals surface area contributed by atoms with Gasteiger partial charge in [0.05, 0.1) is 22.4 Å². The molecule has 0 aliphatic heterocycles. The fraction of sp³-hybridized carbons (Fsp3) is 0. The summed E-state index contributed by atoms with van der Waals surface area (Å²) in [7, 11) is 0. The van der Waals surface area contributed by atoms with Gasteiger partial charge >= 0.3 is 0 Å². The largest absolute Gasteiger partial charge is 0.276 e. The van der Waals surface area contributed by atoms with Crippen LogP contribution in [0.5, 0.6) is 0 Å². The molecule has 3 aromatic heterocycles. The smallest absolute Gasteiger partial charge is 0.160 e. The van der Waals surface area contributed by atoms with Crippen LogP contribution in [0, 0.1) is 0 Å². The topological polar surface area (TPSA) is 56.5 Å². The fourth-order valence-electron chi connectivity index (χ4n) is 6.51. The number of benzene rings is 6. The standard InChI is InChI=1S/C46H31N5/c1-3-11-32(12-4-1)33-18-24-36(25-19-33)41-31-42(49-45(48-41)38-13-5-2-6-14-38)37-26-20-34(21-27-37)35-22-28-39(29-23-35)46-50-40-15-7-8-16-43(40)51(46)44-17-9-10-30-47-44/h1-31H. The molecule has 9 aromatic rings. The molecular formula is C46H31N5. The summed E-state index contributed by atoms with van der Waals surface area (Å²) in [6.45, 7) is 0. The van der Waals surface area contributed by atoms with Crippen LogP contribution in [-0.4, -0.2) is 24.5 Å². The molecular weight excluding hydrogens is 623 g/mol. The second-order valence-electron chi connectivity index (χ2n) is 12.4. The van der Waals surface area contributed by atoms with E-state index in [4.69, 9.17) is 15.0 Å². The molecule has 5 heteroatoms. The molecule has 0 aliphatic carbocycles. The summed E-state index contributed by atoms with van der Waals surface area (Å²) in [5.74, 6) is 2.40. The Morgan fingerprint density at radius 1 is 0.353 bits per heavy atom. The molecule has 0 atom stereocenters. The lowest BCUT2D eigenvalue weighted by Crippen LogP contribution is -1.99.